The molecule has 1 aromatic rings. The number of rotatable bonds is 5. The summed E-state index contributed by atoms with van der Waals surface area (Å²) in [7, 11) is 0. The number of aromatic nitrogens is 1. The SMILES string of the molecule is CCC1(CC)CC(Nc2nc(C(=O)O)cs2)CCO1. The van der Waals surface area contributed by atoms with Gasteiger partial charge in [-0.05, 0) is 25.7 Å². The molecule has 2 rings (SSSR count). The van der Waals surface area contributed by atoms with Gasteiger partial charge in [0.05, 0.1) is 5.60 Å². The lowest BCUT2D eigenvalue weighted by Crippen LogP contribution is -2.43. The molecule has 1 saturated heterocycles. The van der Waals surface area contributed by atoms with E-state index in [0.717, 1.165) is 32.3 Å². The zero-order chi connectivity index (χ0) is 13.9. The number of anilines is 1. The number of hydrogen-bond acceptors (Lipinski definition) is 5. The fourth-order valence-corrected chi connectivity index (χ4v) is 3.27. The molecule has 1 fully saturated rings. The molecular formula is C13H20N2O3S. The van der Waals surface area contributed by atoms with E-state index >= 15 is 0 Å². The summed E-state index contributed by atoms with van der Waals surface area (Å²) in [5.74, 6) is -0.979. The third-order valence-corrected chi connectivity index (χ3v) is 4.61. The van der Waals surface area contributed by atoms with Crippen molar-refractivity contribution < 1.29 is 14.6 Å². The third-order valence-electron chi connectivity index (χ3n) is 3.83. The lowest BCUT2D eigenvalue weighted by atomic mass is 9.86. The summed E-state index contributed by atoms with van der Waals surface area (Å²) in [6.07, 6.45) is 3.88. The number of carboxylic acids is 1. The Morgan fingerprint density at radius 3 is 2.95 bits per heavy atom. The van der Waals surface area contributed by atoms with Crippen molar-refractivity contribution in [3.05, 3.63) is 11.1 Å². The average Bonchev–Trinajstić information content (AvgIpc) is 2.87. The minimum absolute atomic E-state index is 0.0389. The molecule has 0 amide bonds. The molecule has 0 aromatic carbocycles. The molecule has 2 heterocycles. The van der Waals surface area contributed by atoms with E-state index in [1.54, 1.807) is 5.38 Å². The maximum atomic E-state index is 10.8. The van der Waals surface area contributed by atoms with Crippen LogP contribution < -0.4 is 5.32 Å². The summed E-state index contributed by atoms with van der Waals surface area (Å²) >= 11 is 1.34. The number of nitrogens with zero attached hydrogens (tertiary/aromatic N) is 1. The van der Waals surface area contributed by atoms with Crippen molar-refractivity contribution in [2.24, 2.45) is 0 Å². The van der Waals surface area contributed by atoms with Crippen LogP contribution in [0, 0.1) is 0 Å². The highest BCUT2D eigenvalue weighted by atomic mass is 32.1. The van der Waals surface area contributed by atoms with Crippen LogP contribution in [-0.2, 0) is 4.74 Å². The fraction of sp³-hybridized carbons (Fsp3) is 0.692. The van der Waals surface area contributed by atoms with Crippen molar-refractivity contribution in [3.8, 4) is 0 Å². The molecule has 0 bridgehead atoms. The molecule has 0 saturated carbocycles. The number of carboxylic acid groups (broad SMARTS) is 1. The maximum Gasteiger partial charge on any atom is 0.355 e. The Hall–Kier alpha value is -1.14. The number of carbonyl (C=O) groups is 1. The van der Waals surface area contributed by atoms with Gasteiger partial charge in [-0.15, -0.1) is 11.3 Å². The Bertz CT molecular complexity index is 443. The molecule has 1 aromatic heterocycles. The van der Waals surface area contributed by atoms with Gasteiger partial charge in [0, 0.05) is 18.0 Å². The van der Waals surface area contributed by atoms with Crippen LogP contribution in [0.5, 0.6) is 0 Å². The number of aromatic carboxylic acids is 1. The van der Waals surface area contributed by atoms with Crippen molar-refractivity contribution in [2.75, 3.05) is 11.9 Å². The van der Waals surface area contributed by atoms with E-state index in [9.17, 15) is 4.79 Å². The van der Waals surface area contributed by atoms with Gasteiger partial charge in [0.25, 0.3) is 0 Å². The van der Waals surface area contributed by atoms with Gasteiger partial charge < -0.3 is 15.2 Å². The Morgan fingerprint density at radius 2 is 2.37 bits per heavy atom. The molecule has 0 aliphatic carbocycles. The minimum Gasteiger partial charge on any atom is -0.476 e. The van der Waals surface area contributed by atoms with Crippen LogP contribution in [0.4, 0.5) is 5.13 Å². The summed E-state index contributed by atoms with van der Waals surface area (Å²) in [6, 6.07) is 0.307. The van der Waals surface area contributed by atoms with E-state index in [1.165, 1.54) is 11.3 Å². The molecule has 1 aliphatic rings. The van der Waals surface area contributed by atoms with Crippen LogP contribution in [0.25, 0.3) is 0 Å². The fourth-order valence-electron chi connectivity index (χ4n) is 2.51. The Morgan fingerprint density at radius 1 is 1.63 bits per heavy atom. The van der Waals surface area contributed by atoms with Crippen LogP contribution in [0.3, 0.4) is 0 Å². The van der Waals surface area contributed by atoms with Gasteiger partial charge in [0.15, 0.2) is 10.8 Å². The van der Waals surface area contributed by atoms with E-state index in [2.05, 4.69) is 24.1 Å². The van der Waals surface area contributed by atoms with Crippen molar-refractivity contribution in [3.63, 3.8) is 0 Å². The van der Waals surface area contributed by atoms with Crippen molar-refractivity contribution in [2.45, 2.75) is 51.2 Å². The normalized spacial score (nSPS) is 22.1. The largest absolute Gasteiger partial charge is 0.476 e. The molecule has 0 radical (unpaired) electrons. The lowest BCUT2D eigenvalue weighted by molar-refractivity contribution is -0.0864. The Balaban J connectivity index is 2.00. The number of thiazole rings is 1. The number of hydrogen-bond donors (Lipinski definition) is 2. The first kappa shape index (κ1) is 14.3. The monoisotopic (exact) mass is 284 g/mol. The zero-order valence-electron chi connectivity index (χ0n) is 11.3. The molecule has 5 nitrogen and oxygen atoms in total. The summed E-state index contributed by atoms with van der Waals surface area (Å²) < 4.78 is 5.92. The van der Waals surface area contributed by atoms with E-state index in [-0.39, 0.29) is 11.3 Å². The summed E-state index contributed by atoms with van der Waals surface area (Å²) in [4.78, 5) is 14.9. The van der Waals surface area contributed by atoms with Crippen LogP contribution in [0.15, 0.2) is 5.38 Å². The molecular weight excluding hydrogens is 264 g/mol. The van der Waals surface area contributed by atoms with Crippen molar-refractivity contribution >= 4 is 22.4 Å². The molecule has 106 valence electrons. The topological polar surface area (TPSA) is 71.5 Å². The molecule has 6 heteroatoms. The van der Waals surface area contributed by atoms with Gasteiger partial charge in [0.2, 0.25) is 0 Å². The second kappa shape index (κ2) is 5.88. The van der Waals surface area contributed by atoms with Crippen molar-refractivity contribution in [1.29, 1.82) is 0 Å². The molecule has 0 spiro atoms. The quantitative estimate of drug-likeness (QED) is 0.869. The number of nitrogens with one attached hydrogen (secondary N) is 1. The zero-order valence-corrected chi connectivity index (χ0v) is 12.1. The number of ether oxygens (including phenoxy) is 1. The van der Waals surface area contributed by atoms with Crippen LogP contribution in [-0.4, -0.2) is 34.3 Å². The molecule has 2 N–H and O–H groups in total. The second-order valence-corrected chi connectivity index (χ2v) is 5.77. The Kier molecular flexibility index (Phi) is 4.42. The van der Waals surface area contributed by atoms with Crippen LogP contribution in [0.2, 0.25) is 0 Å². The van der Waals surface area contributed by atoms with Gasteiger partial charge in [-0.2, -0.15) is 0 Å². The third kappa shape index (κ3) is 3.25. The summed E-state index contributed by atoms with van der Waals surface area (Å²) in [5, 5.41) is 14.5. The minimum atomic E-state index is -0.979. The summed E-state index contributed by atoms with van der Waals surface area (Å²) in [5.41, 5.74) is 0.0693. The maximum absolute atomic E-state index is 10.8. The standard InChI is InChI=1S/C13H20N2O3S/c1-3-13(4-2)7-9(5-6-18-13)14-12-15-10(8-19-12)11(16)17/h8-9H,3-7H2,1-2H3,(H,14,15)(H,16,17). The first-order chi connectivity index (χ1) is 9.08. The molecule has 1 atom stereocenters. The van der Waals surface area contributed by atoms with E-state index in [1.807, 2.05) is 0 Å². The van der Waals surface area contributed by atoms with Gasteiger partial charge in [-0.25, -0.2) is 9.78 Å². The molecule has 1 aliphatic heterocycles. The first-order valence-electron chi connectivity index (χ1n) is 6.68. The lowest BCUT2D eigenvalue weighted by Gasteiger charge is -2.40. The van der Waals surface area contributed by atoms with E-state index in [4.69, 9.17) is 9.84 Å². The van der Waals surface area contributed by atoms with Gasteiger partial charge in [-0.1, -0.05) is 13.8 Å². The predicted molar refractivity (Wildman–Crippen MR) is 75.0 cm³/mol. The Labute approximate surface area is 117 Å². The van der Waals surface area contributed by atoms with Gasteiger partial charge in [0.1, 0.15) is 0 Å². The average molecular weight is 284 g/mol. The highest BCUT2D eigenvalue weighted by Gasteiger charge is 2.34. The first-order valence-corrected chi connectivity index (χ1v) is 7.56. The highest BCUT2D eigenvalue weighted by Crippen LogP contribution is 2.33. The predicted octanol–water partition coefficient (Wildman–Crippen LogP) is 2.99. The van der Waals surface area contributed by atoms with Crippen LogP contribution >= 0.6 is 11.3 Å². The highest BCUT2D eigenvalue weighted by molar-refractivity contribution is 7.13. The smallest absolute Gasteiger partial charge is 0.355 e. The summed E-state index contributed by atoms with van der Waals surface area (Å²) in [6.45, 7) is 5.05. The van der Waals surface area contributed by atoms with E-state index in [0.29, 0.717) is 11.2 Å². The van der Waals surface area contributed by atoms with Gasteiger partial charge >= 0.3 is 5.97 Å². The van der Waals surface area contributed by atoms with Crippen molar-refractivity contribution in [1.82, 2.24) is 4.98 Å². The second-order valence-electron chi connectivity index (χ2n) is 4.92. The van der Waals surface area contributed by atoms with Gasteiger partial charge in [-0.3, -0.25) is 0 Å². The van der Waals surface area contributed by atoms with Crippen LogP contribution in [0.1, 0.15) is 50.0 Å². The molecule has 1 unspecified atom stereocenters. The van der Waals surface area contributed by atoms with E-state index < -0.39 is 5.97 Å². The molecule has 19 heavy (non-hydrogen) atoms.